The van der Waals surface area contributed by atoms with Gasteiger partial charge in [-0.05, 0) is 44.7 Å². The summed E-state index contributed by atoms with van der Waals surface area (Å²) in [4.78, 5) is 4.62. The van der Waals surface area contributed by atoms with E-state index < -0.39 is 0 Å². The highest BCUT2D eigenvalue weighted by Gasteiger charge is 2.17. The zero-order valence-electron chi connectivity index (χ0n) is 13.9. The molecule has 3 heterocycles. The third kappa shape index (κ3) is 3.54. The molecule has 6 heteroatoms. The normalized spacial score (nSPS) is 14.1. The van der Waals surface area contributed by atoms with Gasteiger partial charge in [-0.1, -0.05) is 0 Å². The van der Waals surface area contributed by atoms with Crippen LogP contribution in [0.25, 0.3) is 11.5 Å². The molecule has 3 rings (SSSR count). The number of rotatable bonds is 6. The minimum absolute atomic E-state index is 0.271. The fraction of sp³-hybridized carbons (Fsp3) is 0.412. The summed E-state index contributed by atoms with van der Waals surface area (Å²) in [5.41, 5.74) is 3.18. The standard InChI is InChI=1S/C17H22N4OS/c1-11-7-19-21(9-11)13(3)12(2)18-8-16-14(4)22-17(20-16)15-5-6-23-10-15/h5-7,9-10,12-13,18H,8H2,1-4H3/t12-,13+/m0/s1. The molecule has 0 aliphatic heterocycles. The van der Waals surface area contributed by atoms with Crippen LogP contribution in [0.3, 0.4) is 0 Å². The van der Waals surface area contributed by atoms with Crippen LogP contribution in [-0.4, -0.2) is 20.8 Å². The maximum absolute atomic E-state index is 5.78. The Bertz CT molecular complexity index is 760. The monoisotopic (exact) mass is 330 g/mol. The van der Waals surface area contributed by atoms with Crippen molar-refractivity contribution in [1.29, 1.82) is 0 Å². The van der Waals surface area contributed by atoms with E-state index in [0.717, 1.165) is 17.0 Å². The second-order valence-corrected chi connectivity index (χ2v) is 6.72. The summed E-state index contributed by atoms with van der Waals surface area (Å²) in [6, 6.07) is 2.57. The van der Waals surface area contributed by atoms with Gasteiger partial charge in [-0.15, -0.1) is 0 Å². The molecule has 0 aliphatic carbocycles. The number of aryl methyl sites for hydroxylation is 2. The molecule has 0 unspecified atom stereocenters. The molecule has 0 bridgehead atoms. The highest BCUT2D eigenvalue weighted by Crippen LogP contribution is 2.24. The Labute approximate surface area is 140 Å². The smallest absolute Gasteiger partial charge is 0.227 e. The van der Waals surface area contributed by atoms with E-state index in [4.69, 9.17) is 4.42 Å². The number of hydrogen-bond donors (Lipinski definition) is 1. The lowest BCUT2D eigenvalue weighted by Crippen LogP contribution is -2.33. The number of hydrogen-bond acceptors (Lipinski definition) is 5. The van der Waals surface area contributed by atoms with Gasteiger partial charge in [0.25, 0.3) is 0 Å². The molecule has 0 amide bonds. The number of oxazole rings is 1. The van der Waals surface area contributed by atoms with Crippen molar-refractivity contribution in [2.24, 2.45) is 0 Å². The van der Waals surface area contributed by atoms with E-state index in [9.17, 15) is 0 Å². The first kappa shape index (κ1) is 16.0. The molecule has 0 saturated heterocycles. The molecular formula is C17H22N4OS. The van der Waals surface area contributed by atoms with Crippen molar-refractivity contribution in [1.82, 2.24) is 20.1 Å². The van der Waals surface area contributed by atoms with Crippen LogP contribution >= 0.6 is 11.3 Å². The molecule has 0 fully saturated rings. The summed E-state index contributed by atoms with van der Waals surface area (Å²) in [5, 5.41) is 12.0. The number of aromatic nitrogens is 3. The van der Waals surface area contributed by atoms with Crippen molar-refractivity contribution in [2.45, 2.75) is 46.3 Å². The zero-order valence-corrected chi connectivity index (χ0v) is 14.7. The van der Waals surface area contributed by atoms with Crippen LogP contribution in [-0.2, 0) is 6.54 Å². The maximum atomic E-state index is 5.78. The molecule has 0 aromatic carbocycles. The van der Waals surface area contributed by atoms with Gasteiger partial charge in [0.05, 0.1) is 17.9 Å². The van der Waals surface area contributed by atoms with Crippen molar-refractivity contribution in [3.8, 4) is 11.5 Å². The van der Waals surface area contributed by atoms with Gasteiger partial charge in [0.1, 0.15) is 5.76 Å². The summed E-state index contributed by atoms with van der Waals surface area (Å²) in [7, 11) is 0. The predicted molar refractivity (Wildman–Crippen MR) is 92.5 cm³/mol. The molecule has 3 aromatic rings. The Kier molecular flexibility index (Phi) is 4.63. The molecule has 0 saturated carbocycles. The van der Waals surface area contributed by atoms with E-state index in [0.29, 0.717) is 12.4 Å². The first-order valence-corrected chi connectivity index (χ1v) is 8.72. The van der Waals surface area contributed by atoms with Crippen molar-refractivity contribution < 1.29 is 4.42 Å². The highest BCUT2D eigenvalue weighted by atomic mass is 32.1. The summed E-state index contributed by atoms with van der Waals surface area (Å²) in [6.07, 6.45) is 3.96. The summed E-state index contributed by atoms with van der Waals surface area (Å²) in [6.45, 7) is 9.03. The molecule has 2 atom stereocenters. The lowest BCUT2D eigenvalue weighted by atomic mass is 10.1. The number of thiophene rings is 1. The van der Waals surface area contributed by atoms with Crippen LogP contribution < -0.4 is 5.32 Å². The minimum Gasteiger partial charge on any atom is -0.441 e. The van der Waals surface area contributed by atoms with Gasteiger partial charge in [0, 0.05) is 29.7 Å². The lowest BCUT2D eigenvalue weighted by molar-refractivity contribution is 0.363. The number of nitrogens with one attached hydrogen (secondary N) is 1. The van der Waals surface area contributed by atoms with Crippen molar-refractivity contribution >= 4 is 11.3 Å². The summed E-state index contributed by atoms with van der Waals surface area (Å²) in [5.74, 6) is 1.57. The van der Waals surface area contributed by atoms with E-state index in [1.165, 1.54) is 5.56 Å². The molecule has 23 heavy (non-hydrogen) atoms. The predicted octanol–water partition coefficient (Wildman–Crippen LogP) is 3.96. The van der Waals surface area contributed by atoms with Gasteiger partial charge in [0.2, 0.25) is 5.89 Å². The van der Waals surface area contributed by atoms with Gasteiger partial charge in [0.15, 0.2) is 0 Å². The van der Waals surface area contributed by atoms with Gasteiger partial charge in [-0.25, -0.2) is 4.98 Å². The zero-order chi connectivity index (χ0) is 16.4. The van der Waals surface area contributed by atoms with Crippen LogP contribution in [0, 0.1) is 13.8 Å². The largest absolute Gasteiger partial charge is 0.441 e. The minimum atomic E-state index is 0.271. The summed E-state index contributed by atoms with van der Waals surface area (Å²) < 4.78 is 7.78. The molecule has 0 spiro atoms. The van der Waals surface area contributed by atoms with Gasteiger partial charge < -0.3 is 9.73 Å². The molecule has 0 aliphatic rings. The second kappa shape index (κ2) is 6.68. The number of nitrogens with zero attached hydrogens (tertiary/aromatic N) is 3. The molecule has 3 aromatic heterocycles. The van der Waals surface area contributed by atoms with Gasteiger partial charge in [-0.2, -0.15) is 16.4 Å². The third-order valence-corrected chi connectivity index (χ3v) is 4.81. The van der Waals surface area contributed by atoms with Crippen molar-refractivity contribution in [3.05, 3.63) is 46.2 Å². The fourth-order valence-electron chi connectivity index (χ4n) is 2.41. The van der Waals surface area contributed by atoms with Crippen LogP contribution in [0.15, 0.2) is 33.6 Å². The van der Waals surface area contributed by atoms with E-state index in [1.54, 1.807) is 11.3 Å². The Morgan fingerprint density at radius 1 is 1.35 bits per heavy atom. The van der Waals surface area contributed by atoms with E-state index in [-0.39, 0.29) is 12.1 Å². The average Bonchev–Trinajstić information content (AvgIpc) is 3.25. The SMILES string of the molecule is Cc1cnn([C@H](C)[C@H](C)NCc2nc(-c3ccsc3)oc2C)c1. The van der Waals surface area contributed by atoms with Gasteiger partial charge in [-0.3, -0.25) is 4.68 Å². The van der Waals surface area contributed by atoms with E-state index in [2.05, 4.69) is 42.4 Å². The lowest BCUT2D eigenvalue weighted by Gasteiger charge is -2.21. The molecule has 5 nitrogen and oxygen atoms in total. The second-order valence-electron chi connectivity index (χ2n) is 5.94. The Morgan fingerprint density at radius 2 is 2.17 bits per heavy atom. The molecule has 0 radical (unpaired) electrons. The summed E-state index contributed by atoms with van der Waals surface area (Å²) >= 11 is 1.65. The Morgan fingerprint density at radius 3 is 2.83 bits per heavy atom. The van der Waals surface area contributed by atoms with Gasteiger partial charge >= 0.3 is 0 Å². The van der Waals surface area contributed by atoms with E-state index >= 15 is 0 Å². The topological polar surface area (TPSA) is 55.9 Å². The first-order chi connectivity index (χ1) is 11.0. The highest BCUT2D eigenvalue weighted by molar-refractivity contribution is 7.08. The van der Waals surface area contributed by atoms with Crippen LogP contribution in [0.1, 0.15) is 36.9 Å². The van der Waals surface area contributed by atoms with Crippen LogP contribution in [0.4, 0.5) is 0 Å². The third-order valence-electron chi connectivity index (χ3n) is 4.12. The van der Waals surface area contributed by atoms with Crippen LogP contribution in [0.2, 0.25) is 0 Å². The Balaban J connectivity index is 1.64. The van der Waals surface area contributed by atoms with Crippen LogP contribution in [0.5, 0.6) is 0 Å². The van der Waals surface area contributed by atoms with E-state index in [1.807, 2.05) is 34.6 Å². The Hall–Kier alpha value is -1.92. The molecule has 1 N–H and O–H groups in total. The quantitative estimate of drug-likeness (QED) is 0.743. The van der Waals surface area contributed by atoms with Crippen molar-refractivity contribution in [2.75, 3.05) is 0 Å². The average molecular weight is 330 g/mol. The molecule has 122 valence electrons. The maximum Gasteiger partial charge on any atom is 0.227 e. The molecular weight excluding hydrogens is 308 g/mol. The van der Waals surface area contributed by atoms with Crippen molar-refractivity contribution in [3.63, 3.8) is 0 Å². The first-order valence-electron chi connectivity index (χ1n) is 7.77. The fourth-order valence-corrected chi connectivity index (χ4v) is 3.04.